The van der Waals surface area contributed by atoms with Gasteiger partial charge in [-0.05, 0) is 61.5 Å². The number of halogens is 3. The number of benzene rings is 2. The molecule has 0 radical (unpaired) electrons. The molecule has 3 heterocycles. The fraction of sp³-hybridized carbons (Fsp3) is 0.276. The molecule has 0 unspecified atom stereocenters. The van der Waals surface area contributed by atoms with Gasteiger partial charge in [0.05, 0.1) is 17.4 Å². The lowest BCUT2D eigenvalue weighted by Gasteiger charge is -2.27. The Labute approximate surface area is 229 Å². The highest BCUT2D eigenvalue weighted by atomic mass is 19.4. The Bertz CT molecular complexity index is 1530. The quantitative estimate of drug-likeness (QED) is 0.357. The second kappa shape index (κ2) is 11.0. The van der Waals surface area contributed by atoms with Crippen molar-refractivity contribution in [1.29, 1.82) is 0 Å². The van der Waals surface area contributed by atoms with Gasteiger partial charge in [-0.2, -0.15) is 13.2 Å². The van der Waals surface area contributed by atoms with Gasteiger partial charge in [0.25, 0.3) is 11.8 Å². The van der Waals surface area contributed by atoms with Gasteiger partial charge >= 0.3 is 6.18 Å². The number of nitrogens with zero attached hydrogens (tertiary/aromatic N) is 4. The minimum Gasteiger partial charge on any atom is -0.439 e. The number of carbonyl (C=O) groups excluding carboxylic acids is 2. The van der Waals surface area contributed by atoms with E-state index in [-0.39, 0.29) is 11.5 Å². The number of nitrogens with one attached hydrogen (secondary N) is 1. The highest BCUT2D eigenvalue weighted by Gasteiger charge is 2.30. The molecule has 0 atom stereocenters. The third-order valence-corrected chi connectivity index (χ3v) is 6.91. The molecule has 2 amide bonds. The molecule has 1 aliphatic rings. The molecular weight excluding hydrogens is 523 g/mol. The summed E-state index contributed by atoms with van der Waals surface area (Å²) in [5, 5.41) is 4.13. The first-order valence-electron chi connectivity index (χ1n) is 12.9. The number of aromatic nitrogens is 2. The second-order valence-corrected chi connectivity index (χ2v) is 9.43. The van der Waals surface area contributed by atoms with Crippen molar-refractivity contribution in [3.63, 3.8) is 0 Å². The predicted molar refractivity (Wildman–Crippen MR) is 145 cm³/mol. The smallest absolute Gasteiger partial charge is 0.416 e. The molecule has 0 bridgehead atoms. The topological polar surface area (TPSA) is 79.7 Å². The van der Waals surface area contributed by atoms with Crippen LogP contribution in [0.3, 0.4) is 0 Å². The molecule has 1 saturated heterocycles. The van der Waals surface area contributed by atoms with Crippen molar-refractivity contribution in [3.8, 4) is 11.6 Å². The molecule has 0 spiro atoms. The minimum atomic E-state index is -4.47. The van der Waals surface area contributed by atoms with Crippen LogP contribution >= 0.6 is 0 Å². The van der Waals surface area contributed by atoms with Crippen molar-refractivity contribution in [3.05, 3.63) is 83.7 Å². The van der Waals surface area contributed by atoms with Crippen LogP contribution in [0.2, 0.25) is 0 Å². The summed E-state index contributed by atoms with van der Waals surface area (Å²) in [7, 11) is 1.52. The molecule has 11 heteroatoms. The summed E-state index contributed by atoms with van der Waals surface area (Å²) in [6.07, 6.45) is -3.02. The van der Waals surface area contributed by atoms with E-state index in [4.69, 9.17) is 4.74 Å². The third-order valence-electron chi connectivity index (χ3n) is 6.91. The highest BCUT2D eigenvalue weighted by molar-refractivity contribution is 6.05. The zero-order valence-corrected chi connectivity index (χ0v) is 22.0. The van der Waals surface area contributed by atoms with Crippen LogP contribution in [0.15, 0.2) is 66.9 Å². The maximum Gasteiger partial charge on any atom is 0.416 e. The molecule has 2 aromatic heterocycles. The monoisotopic (exact) mass is 551 g/mol. The molecule has 1 aliphatic heterocycles. The Kier molecular flexibility index (Phi) is 7.49. The summed E-state index contributed by atoms with van der Waals surface area (Å²) in [6, 6.07) is 14.8. The molecule has 2 aromatic carbocycles. The molecule has 40 heavy (non-hydrogen) atoms. The molecule has 4 aromatic rings. The van der Waals surface area contributed by atoms with Crippen LogP contribution in [-0.4, -0.2) is 59.5 Å². The van der Waals surface area contributed by atoms with Gasteiger partial charge in [0.1, 0.15) is 11.4 Å². The molecule has 0 saturated carbocycles. The summed E-state index contributed by atoms with van der Waals surface area (Å²) in [5.74, 6) is 0.373. The van der Waals surface area contributed by atoms with E-state index in [0.29, 0.717) is 42.6 Å². The maximum atomic E-state index is 13.2. The largest absolute Gasteiger partial charge is 0.439 e. The average Bonchev–Trinajstić information content (AvgIpc) is 3.34. The Morgan fingerprint density at radius 1 is 1.02 bits per heavy atom. The van der Waals surface area contributed by atoms with Crippen molar-refractivity contribution in [2.24, 2.45) is 0 Å². The first kappa shape index (κ1) is 27.2. The van der Waals surface area contributed by atoms with Gasteiger partial charge in [-0.1, -0.05) is 0 Å². The summed E-state index contributed by atoms with van der Waals surface area (Å²) in [5.41, 5.74) is 1.32. The lowest BCUT2D eigenvalue weighted by Crippen LogP contribution is -2.46. The van der Waals surface area contributed by atoms with E-state index >= 15 is 0 Å². The maximum absolute atomic E-state index is 13.2. The van der Waals surface area contributed by atoms with E-state index < -0.39 is 17.6 Å². The van der Waals surface area contributed by atoms with E-state index in [9.17, 15) is 22.8 Å². The van der Waals surface area contributed by atoms with Gasteiger partial charge < -0.3 is 24.4 Å². The van der Waals surface area contributed by atoms with Crippen LogP contribution in [-0.2, 0) is 12.7 Å². The Morgan fingerprint density at radius 3 is 2.38 bits per heavy atom. The van der Waals surface area contributed by atoms with Crippen LogP contribution in [0.1, 0.15) is 33.3 Å². The van der Waals surface area contributed by atoms with Crippen LogP contribution in [0, 0.1) is 0 Å². The standard InChI is InChI=1S/C29H28F3N5O3/c1-3-37-24-10-9-23(16-20(24)17-25(37)28(39)36-14-12-33-13-15-36)40-26-11-8-22(18-34-26)35(2)27(38)19-4-6-21(7-5-19)29(30,31)32/h4-11,16-18,33H,3,12-15H2,1-2H3. The second-order valence-electron chi connectivity index (χ2n) is 9.43. The van der Waals surface area contributed by atoms with E-state index in [1.165, 1.54) is 18.1 Å². The van der Waals surface area contributed by atoms with Gasteiger partial charge in [-0.15, -0.1) is 0 Å². The van der Waals surface area contributed by atoms with Crippen molar-refractivity contribution in [2.45, 2.75) is 19.6 Å². The Hall–Kier alpha value is -4.38. The number of fused-ring (bicyclic) bond motifs is 1. The molecule has 208 valence electrons. The molecule has 8 nitrogen and oxygen atoms in total. The number of carbonyl (C=O) groups is 2. The number of alkyl halides is 3. The lowest BCUT2D eigenvalue weighted by atomic mass is 10.1. The molecule has 0 aliphatic carbocycles. The van der Waals surface area contributed by atoms with Crippen molar-refractivity contribution in [2.75, 3.05) is 38.1 Å². The molecular formula is C29H28F3N5O3. The van der Waals surface area contributed by atoms with E-state index in [1.54, 1.807) is 12.1 Å². The highest BCUT2D eigenvalue weighted by Crippen LogP contribution is 2.30. The Balaban J connectivity index is 1.30. The SMILES string of the molecule is CCn1c(C(=O)N2CCNCC2)cc2cc(Oc3ccc(N(C)C(=O)c4ccc(C(F)(F)F)cc4)cn3)ccc21. The van der Waals surface area contributed by atoms with Crippen molar-refractivity contribution in [1.82, 2.24) is 19.8 Å². The van der Waals surface area contributed by atoms with E-state index in [1.807, 2.05) is 40.7 Å². The zero-order valence-electron chi connectivity index (χ0n) is 22.0. The van der Waals surface area contributed by atoms with Gasteiger partial charge in [-0.25, -0.2) is 4.98 Å². The first-order chi connectivity index (χ1) is 19.2. The fourth-order valence-corrected chi connectivity index (χ4v) is 4.72. The van der Waals surface area contributed by atoms with Crippen LogP contribution in [0.25, 0.3) is 10.9 Å². The van der Waals surface area contributed by atoms with Crippen molar-refractivity contribution >= 4 is 28.4 Å². The fourth-order valence-electron chi connectivity index (χ4n) is 4.72. The number of pyridine rings is 1. The summed E-state index contributed by atoms with van der Waals surface area (Å²) in [6.45, 7) is 5.56. The average molecular weight is 552 g/mol. The van der Waals surface area contributed by atoms with E-state index in [0.717, 1.165) is 48.3 Å². The number of hydrogen-bond donors (Lipinski definition) is 1. The number of anilines is 1. The Morgan fingerprint density at radius 2 is 1.75 bits per heavy atom. The summed E-state index contributed by atoms with van der Waals surface area (Å²) in [4.78, 5) is 33.4. The van der Waals surface area contributed by atoms with E-state index in [2.05, 4.69) is 10.3 Å². The first-order valence-corrected chi connectivity index (χ1v) is 12.9. The molecule has 1 fully saturated rings. The van der Waals surface area contributed by atoms with Gasteiger partial charge in [0.2, 0.25) is 5.88 Å². The van der Waals surface area contributed by atoms with Crippen LogP contribution < -0.4 is 15.0 Å². The summed E-state index contributed by atoms with van der Waals surface area (Å²) < 4.78 is 46.4. The number of ether oxygens (including phenoxy) is 1. The molecule has 1 N–H and O–H groups in total. The number of piperazine rings is 1. The van der Waals surface area contributed by atoms with Gasteiger partial charge in [-0.3, -0.25) is 9.59 Å². The van der Waals surface area contributed by atoms with Crippen molar-refractivity contribution < 1.29 is 27.5 Å². The number of aryl methyl sites for hydroxylation is 1. The third kappa shape index (κ3) is 5.50. The van der Waals surface area contributed by atoms with Gasteiger partial charge in [0, 0.05) is 62.3 Å². The molecule has 5 rings (SSSR count). The number of hydrogen-bond acceptors (Lipinski definition) is 5. The normalized spacial score (nSPS) is 13.9. The lowest BCUT2D eigenvalue weighted by molar-refractivity contribution is -0.137. The van der Waals surface area contributed by atoms with Gasteiger partial charge in [0.15, 0.2) is 0 Å². The number of rotatable bonds is 6. The predicted octanol–water partition coefficient (Wildman–Crippen LogP) is 5.19. The van der Waals surface area contributed by atoms with Crippen LogP contribution in [0.5, 0.6) is 11.6 Å². The van der Waals surface area contributed by atoms with Crippen LogP contribution in [0.4, 0.5) is 18.9 Å². The summed E-state index contributed by atoms with van der Waals surface area (Å²) >= 11 is 0. The number of amides is 2. The zero-order chi connectivity index (χ0) is 28.4. The minimum absolute atomic E-state index is 0.00855.